The van der Waals surface area contributed by atoms with E-state index in [2.05, 4.69) is 11.7 Å². The molecule has 4 nitrogen and oxygen atoms in total. The molecule has 15 heavy (non-hydrogen) atoms. The predicted octanol–water partition coefficient (Wildman–Crippen LogP) is 1.17. The standard InChI is InChI=1S/C11H15N3O/c1-5-9(11(12)15)7(2)10-6-14(4)13-8(10)3/h5-6H,2H2,1,3-4H3,(H2,12,15)/b9-5+. The average Bonchev–Trinajstić information content (AvgIpc) is 2.45. The number of allylic oxidation sites excluding steroid dienone is 1. The highest BCUT2D eigenvalue weighted by atomic mass is 16.1. The van der Waals surface area contributed by atoms with Crippen LogP contribution in [0, 0.1) is 6.92 Å². The fourth-order valence-electron chi connectivity index (χ4n) is 1.51. The minimum atomic E-state index is -0.467. The van der Waals surface area contributed by atoms with Gasteiger partial charge in [0.25, 0.3) is 0 Å². The van der Waals surface area contributed by atoms with Crippen LogP contribution in [-0.4, -0.2) is 15.7 Å². The van der Waals surface area contributed by atoms with Crippen LogP contribution in [0.3, 0.4) is 0 Å². The molecule has 0 atom stereocenters. The van der Waals surface area contributed by atoms with Gasteiger partial charge in [0.2, 0.25) is 5.91 Å². The van der Waals surface area contributed by atoms with Gasteiger partial charge in [-0.25, -0.2) is 0 Å². The van der Waals surface area contributed by atoms with Crippen molar-refractivity contribution in [1.29, 1.82) is 0 Å². The second-order valence-corrected chi connectivity index (χ2v) is 3.35. The van der Waals surface area contributed by atoms with Crippen molar-refractivity contribution in [3.63, 3.8) is 0 Å². The Bertz CT molecular complexity index is 441. The Hall–Kier alpha value is -1.84. The van der Waals surface area contributed by atoms with Crippen molar-refractivity contribution in [2.24, 2.45) is 12.8 Å². The van der Waals surface area contributed by atoms with Crippen LogP contribution in [0.15, 0.2) is 24.4 Å². The minimum Gasteiger partial charge on any atom is -0.366 e. The fraction of sp³-hybridized carbons (Fsp3) is 0.273. The Morgan fingerprint density at radius 1 is 1.67 bits per heavy atom. The molecule has 0 spiro atoms. The first-order chi connectivity index (χ1) is 6.97. The monoisotopic (exact) mass is 205 g/mol. The number of hydrogen-bond acceptors (Lipinski definition) is 2. The van der Waals surface area contributed by atoms with Crippen LogP contribution >= 0.6 is 0 Å². The van der Waals surface area contributed by atoms with Crippen LogP contribution in [0.25, 0.3) is 5.57 Å². The summed E-state index contributed by atoms with van der Waals surface area (Å²) in [6.07, 6.45) is 3.49. The van der Waals surface area contributed by atoms with E-state index >= 15 is 0 Å². The normalized spacial score (nSPS) is 11.5. The maximum Gasteiger partial charge on any atom is 0.248 e. The van der Waals surface area contributed by atoms with Gasteiger partial charge < -0.3 is 5.73 Å². The van der Waals surface area contributed by atoms with E-state index in [1.807, 2.05) is 20.2 Å². The van der Waals surface area contributed by atoms with Crippen molar-refractivity contribution in [3.8, 4) is 0 Å². The summed E-state index contributed by atoms with van der Waals surface area (Å²) in [4.78, 5) is 11.1. The van der Waals surface area contributed by atoms with E-state index in [1.54, 1.807) is 17.7 Å². The maximum atomic E-state index is 11.1. The highest BCUT2D eigenvalue weighted by Gasteiger charge is 2.14. The number of amides is 1. The van der Waals surface area contributed by atoms with Crippen LogP contribution < -0.4 is 5.73 Å². The molecule has 80 valence electrons. The molecule has 4 heteroatoms. The summed E-state index contributed by atoms with van der Waals surface area (Å²) in [5, 5.41) is 4.18. The van der Waals surface area contributed by atoms with Crippen molar-refractivity contribution < 1.29 is 4.79 Å². The molecule has 0 aliphatic heterocycles. The van der Waals surface area contributed by atoms with Gasteiger partial charge in [-0.3, -0.25) is 9.48 Å². The van der Waals surface area contributed by atoms with Crippen LogP contribution in [-0.2, 0) is 11.8 Å². The fourth-order valence-corrected chi connectivity index (χ4v) is 1.51. The van der Waals surface area contributed by atoms with Crippen LogP contribution in [0.5, 0.6) is 0 Å². The lowest BCUT2D eigenvalue weighted by Gasteiger charge is -2.05. The lowest BCUT2D eigenvalue weighted by Crippen LogP contribution is -2.14. The molecule has 0 aliphatic carbocycles. The molecule has 2 N–H and O–H groups in total. The number of carbonyl (C=O) groups excluding carboxylic acids is 1. The number of nitrogens with two attached hydrogens (primary N) is 1. The van der Waals surface area contributed by atoms with Crippen molar-refractivity contribution in [2.75, 3.05) is 0 Å². The molecular weight excluding hydrogens is 190 g/mol. The number of aryl methyl sites for hydroxylation is 2. The number of primary amides is 1. The summed E-state index contributed by atoms with van der Waals surface area (Å²) in [5.74, 6) is -0.467. The van der Waals surface area contributed by atoms with Gasteiger partial charge in [-0.1, -0.05) is 12.7 Å². The molecule has 1 aromatic rings. The molecule has 0 saturated heterocycles. The summed E-state index contributed by atoms with van der Waals surface area (Å²) in [6.45, 7) is 7.50. The highest BCUT2D eigenvalue weighted by Crippen LogP contribution is 2.22. The topological polar surface area (TPSA) is 60.9 Å². The van der Waals surface area contributed by atoms with Gasteiger partial charge in [-0.15, -0.1) is 0 Å². The Morgan fingerprint density at radius 3 is 2.60 bits per heavy atom. The van der Waals surface area contributed by atoms with Gasteiger partial charge >= 0.3 is 0 Å². The Balaban J connectivity index is 3.15. The van der Waals surface area contributed by atoms with Gasteiger partial charge in [0.15, 0.2) is 0 Å². The molecule has 0 bridgehead atoms. The van der Waals surface area contributed by atoms with Crippen LogP contribution in [0.4, 0.5) is 0 Å². The Morgan fingerprint density at radius 2 is 2.27 bits per heavy atom. The van der Waals surface area contributed by atoms with Crippen molar-refractivity contribution in [2.45, 2.75) is 13.8 Å². The van der Waals surface area contributed by atoms with Gasteiger partial charge in [-0.2, -0.15) is 5.10 Å². The minimum absolute atomic E-state index is 0.436. The third-order valence-corrected chi connectivity index (χ3v) is 2.22. The Labute approximate surface area is 89.1 Å². The summed E-state index contributed by atoms with van der Waals surface area (Å²) in [5.41, 5.74) is 7.99. The highest BCUT2D eigenvalue weighted by molar-refractivity contribution is 6.07. The van der Waals surface area contributed by atoms with Gasteiger partial charge in [-0.05, 0) is 19.4 Å². The lowest BCUT2D eigenvalue weighted by atomic mass is 10.00. The molecular formula is C11H15N3O. The predicted molar refractivity (Wildman–Crippen MR) is 59.9 cm³/mol. The second-order valence-electron chi connectivity index (χ2n) is 3.35. The average molecular weight is 205 g/mol. The van der Waals surface area contributed by atoms with Gasteiger partial charge in [0.05, 0.1) is 5.69 Å². The molecule has 0 saturated carbocycles. The molecule has 0 aliphatic rings. The zero-order chi connectivity index (χ0) is 11.6. The molecule has 1 heterocycles. The number of rotatable bonds is 3. The van der Waals surface area contributed by atoms with E-state index in [0.29, 0.717) is 11.1 Å². The van der Waals surface area contributed by atoms with E-state index in [0.717, 1.165) is 11.3 Å². The first kappa shape index (κ1) is 11.2. The van der Waals surface area contributed by atoms with Crippen LogP contribution in [0.1, 0.15) is 18.2 Å². The smallest absolute Gasteiger partial charge is 0.248 e. The molecule has 1 amide bonds. The molecule has 0 radical (unpaired) electrons. The molecule has 1 rings (SSSR count). The summed E-state index contributed by atoms with van der Waals surface area (Å²) in [6, 6.07) is 0. The van der Waals surface area contributed by atoms with Crippen molar-refractivity contribution in [3.05, 3.63) is 35.7 Å². The first-order valence-electron chi connectivity index (χ1n) is 4.63. The van der Waals surface area contributed by atoms with E-state index < -0.39 is 5.91 Å². The molecule has 0 unspecified atom stereocenters. The number of nitrogens with zero attached hydrogens (tertiary/aromatic N) is 2. The second kappa shape index (κ2) is 4.13. The summed E-state index contributed by atoms with van der Waals surface area (Å²) < 4.78 is 1.68. The van der Waals surface area contributed by atoms with Gasteiger partial charge in [0.1, 0.15) is 0 Å². The lowest BCUT2D eigenvalue weighted by molar-refractivity contribution is -0.114. The third-order valence-electron chi connectivity index (χ3n) is 2.22. The van der Waals surface area contributed by atoms with Crippen LogP contribution in [0.2, 0.25) is 0 Å². The Kier molecular flexibility index (Phi) is 3.09. The number of carbonyl (C=O) groups is 1. The van der Waals surface area contributed by atoms with Crippen molar-refractivity contribution >= 4 is 11.5 Å². The van der Waals surface area contributed by atoms with Crippen molar-refractivity contribution in [1.82, 2.24) is 9.78 Å². The third kappa shape index (κ3) is 2.15. The van der Waals surface area contributed by atoms with E-state index in [9.17, 15) is 4.79 Å². The summed E-state index contributed by atoms with van der Waals surface area (Å²) in [7, 11) is 1.82. The van der Waals surface area contributed by atoms with E-state index in [1.165, 1.54) is 0 Å². The quantitative estimate of drug-likeness (QED) is 0.595. The zero-order valence-corrected chi connectivity index (χ0v) is 9.24. The molecule has 0 aromatic carbocycles. The SMILES string of the molecule is C=C(/C(=C\C)C(N)=O)c1cn(C)nc1C. The number of aromatic nitrogens is 2. The largest absolute Gasteiger partial charge is 0.366 e. The number of hydrogen-bond donors (Lipinski definition) is 1. The summed E-state index contributed by atoms with van der Waals surface area (Å²) >= 11 is 0. The van der Waals surface area contributed by atoms with E-state index in [-0.39, 0.29) is 0 Å². The van der Waals surface area contributed by atoms with E-state index in [4.69, 9.17) is 5.73 Å². The maximum absolute atomic E-state index is 11.1. The van der Waals surface area contributed by atoms with Gasteiger partial charge in [0, 0.05) is 24.4 Å². The molecule has 0 fully saturated rings. The molecule has 1 aromatic heterocycles. The first-order valence-corrected chi connectivity index (χ1v) is 4.63. The zero-order valence-electron chi connectivity index (χ0n) is 9.24.